The molecule has 6 nitrogen and oxygen atoms in total. The zero-order valence-corrected chi connectivity index (χ0v) is 18.9. The molecule has 7 heteroatoms. The molecule has 4 aliphatic rings. The van der Waals surface area contributed by atoms with Gasteiger partial charge in [-0.25, -0.2) is 4.39 Å². The first-order chi connectivity index (χ1) is 16.1. The van der Waals surface area contributed by atoms with E-state index in [-0.39, 0.29) is 11.5 Å². The van der Waals surface area contributed by atoms with E-state index in [4.69, 9.17) is 19.0 Å². The molecular weight excluding hydrogens is 421 g/mol. The highest BCUT2D eigenvalue weighted by atomic mass is 19.1. The fraction of sp³-hybridized carbons (Fsp3) is 0.423. The SMILES string of the molecule is COc1ccc(CN2C(c3ccc4occ(F)c4c3)=NN[C@]23CC2CCC3CC2)c(OC)c1. The van der Waals surface area contributed by atoms with E-state index in [1.165, 1.54) is 25.7 Å². The van der Waals surface area contributed by atoms with Gasteiger partial charge in [-0.3, -0.25) is 5.43 Å². The fourth-order valence-corrected chi connectivity index (χ4v) is 6.10. The number of ether oxygens (including phenoxy) is 2. The summed E-state index contributed by atoms with van der Waals surface area (Å²) in [6.07, 6.45) is 7.19. The lowest BCUT2D eigenvalue weighted by atomic mass is 9.63. The summed E-state index contributed by atoms with van der Waals surface area (Å²) in [7, 11) is 3.34. The zero-order chi connectivity index (χ0) is 22.6. The number of hydrogen-bond acceptors (Lipinski definition) is 6. The van der Waals surface area contributed by atoms with Crippen LogP contribution in [0.4, 0.5) is 4.39 Å². The van der Waals surface area contributed by atoms with E-state index >= 15 is 0 Å². The summed E-state index contributed by atoms with van der Waals surface area (Å²) in [4.78, 5) is 2.40. The van der Waals surface area contributed by atoms with Crippen molar-refractivity contribution in [2.24, 2.45) is 16.9 Å². The molecule has 0 saturated heterocycles. The molecule has 1 aromatic heterocycles. The molecule has 2 bridgehead atoms. The van der Waals surface area contributed by atoms with Crippen molar-refractivity contribution in [3.05, 3.63) is 59.6 Å². The highest BCUT2D eigenvalue weighted by Crippen LogP contribution is 2.51. The largest absolute Gasteiger partial charge is 0.497 e. The third-order valence-corrected chi connectivity index (χ3v) is 7.82. The Kier molecular flexibility index (Phi) is 4.75. The van der Waals surface area contributed by atoms with E-state index in [1.54, 1.807) is 14.2 Å². The highest BCUT2D eigenvalue weighted by molar-refractivity contribution is 6.02. The molecule has 2 aromatic carbocycles. The molecule has 1 atom stereocenters. The van der Waals surface area contributed by atoms with Gasteiger partial charge in [0.15, 0.2) is 11.7 Å². The van der Waals surface area contributed by atoms with Gasteiger partial charge < -0.3 is 18.8 Å². The Bertz CT molecular complexity index is 1230. The lowest BCUT2D eigenvalue weighted by molar-refractivity contribution is -0.0333. The van der Waals surface area contributed by atoms with Crippen LogP contribution in [0, 0.1) is 17.7 Å². The Hall–Kier alpha value is -3.22. The predicted molar refractivity (Wildman–Crippen MR) is 124 cm³/mol. The van der Waals surface area contributed by atoms with Gasteiger partial charge >= 0.3 is 0 Å². The van der Waals surface area contributed by atoms with Gasteiger partial charge in [-0.2, -0.15) is 5.10 Å². The number of rotatable bonds is 5. The van der Waals surface area contributed by atoms with Crippen molar-refractivity contribution < 1.29 is 18.3 Å². The zero-order valence-electron chi connectivity index (χ0n) is 18.9. The lowest BCUT2D eigenvalue weighted by Crippen LogP contribution is -2.63. The minimum atomic E-state index is -0.354. The number of fused-ring (bicyclic) bond motifs is 3. The lowest BCUT2D eigenvalue weighted by Gasteiger charge is -2.54. The maximum atomic E-state index is 14.3. The van der Waals surface area contributed by atoms with E-state index < -0.39 is 0 Å². The van der Waals surface area contributed by atoms with Crippen LogP contribution >= 0.6 is 0 Å². The summed E-state index contributed by atoms with van der Waals surface area (Å²) in [6.45, 7) is 0.633. The van der Waals surface area contributed by atoms with E-state index in [2.05, 4.69) is 16.4 Å². The van der Waals surface area contributed by atoms with Crippen LogP contribution in [0.15, 0.2) is 52.2 Å². The summed E-state index contributed by atoms with van der Waals surface area (Å²) in [5.74, 6) is 3.24. The maximum Gasteiger partial charge on any atom is 0.169 e. The molecule has 1 N–H and O–H groups in total. The van der Waals surface area contributed by atoms with Crippen LogP contribution < -0.4 is 14.9 Å². The number of hydrogen-bond donors (Lipinski definition) is 1. The Morgan fingerprint density at radius 2 is 1.97 bits per heavy atom. The summed E-state index contributed by atoms with van der Waals surface area (Å²) >= 11 is 0. The van der Waals surface area contributed by atoms with Gasteiger partial charge in [0.1, 0.15) is 29.0 Å². The van der Waals surface area contributed by atoms with Crippen molar-refractivity contribution in [2.75, 3.05) is 14.2 Å². The summed E-state index contributed by atoms with van der Waals surface area (Å²) in [5, 5.41) is 5.34. The molecule has 2 heterocycles. The number of methoxy groups -OCH3 is 2. The summed E-state index contributed by atoms with van der Waals surface area (Å²) in [6, 6.07) is 11.6. The molecular formula is C26H28FN3O3. The standard InChI is InChI=1S/C26H28FN3O3/c1-31-20-9-5-18(24(12-20)32-2)14-30-25(17-6-10-23-21(11-17)22(27)15-33-23)28-29-26(30)13-16-3-7-19(26)8-4-16/h5-6,9-12,15-16,19,29H,3-4,7-8,13-14H2,1-2H3/t16?,19?,26-/m1/s1. The van der Waals surface area contributed by atoms with Gasteiger partial charge in [0.25, 0.3) is 0 Å². The second-order valence-corrected chi connectivity index (χ2v) is 9.45. The number of benzene rings is 2. The van der Waals surface area contributed by atoms with Crippen molar-refractivity contribution in [1.82, 2.24) is 10.3 Å². The first-order valence-corrected chi connectivity index (χ1v) is 11.6. The Labute approximate surface area is 192 Å². The second kappa shape index (κ2) is 7.68. The van der Waals surface area contributed by atoms with E-state index in [9.17, 15) is 4.39 Å². The van der Waals surface area contributed by atoms with Crippen molar-refractivity contribution >= 4 is 16.8 Å². The first-order valence-electron chi connectivity index (χ1n) is 11.6. The van der Waals surface area contributed by atoms with Gasteiger partial charge in [-0.1, -0.05) is 0 Å². The van der Waals surface area contributed by atoms with Crippen LogP contribution in [-0.4, -0.2) is 30.6 Å². The monoisotopic (exact) mass is 449 g/mol. The van der Waals surface area contributed by atoms with E-state index in [0.29, 0.717) is 29.3 Å². The van der Waals surface area contributed by atoms with Crippen molar-refractivity contribution in [3.8, 4) is 11.5 Å². The minimum absolute atomic E-state index is 0.231. The number of amidine groups is 1. The Morgan fingerprint density at radius 1 is 1.12 bits per heavy atom. The third kappa shape index (κ3) is 3.16. The molecule has 7 rings (SSSR count). The first kappa shape index (κ1) is 20.4. The number of halogens is 1. The van der Waals surface area contributed by atoms with E-state index in [0.717, 1.165) is 41.1 Å². The maximum absolute atomic E-state index is 14.3. The van der Waals surface area contributed by atoms with Crippen LogP contribution in [0.1, 0.15) is 43.2 Å². The predicted octanol–water partition coefficient (Wildman–Crippen LogP) is 5.26. The Morgan fingerprint density at radius 3 is 2.70 bits per heavy atom. The molecule has 3 saturated carbocycles. The molecule has 172 valence electrons. The molecule has 1 spiro atoms. The molecule has 33 heavy (non-hydrogen) atoms. The fourth-order valence-electron chi connectivity index (χ4n) is 6.10. The Balaban J connectivity index is 1.43. The van der Waals surface area contributed by atoms with Gasteiger partial charge in [0.2, 0.25) is 0 Å². The average Bonchev–Trinajstić information content (AvgIpc) is 3.40. The van der Waals surface area contributed by atoms with Crippen LogP contribution in [-0.2, 0) is 6.54 Å². The van der Waals surface area contributed by atoms with Crippen molar-refractivity contribution in [2.45, 2.75) is 44.3 Å². The molecule has 3 aromatic rings. The highest BCUT2D eigenvalue weighted by Gasteiger charge is 2.54. The number of furan rings is 1. The van der Waals surface area contributed by atoms with Gasteiger partial charge in [0, 0.05) is 23.1 Å². The molecule has 0 amide bonds. The number of nitrogens with zero attached hydrogens (tertiary/aromatic N) is 2. The summed E-state index contributed by atoms with van der Waals surface area (Å²) < 4.78 is 30.7. The molecule has 3 aliphatic carbocycles. The van der Waals surface area contributed by atoms with Crippen molar-refractivity contribution in [1.29, 1.82) is 0 Å². The molecule has 1 aliphatic heterocycles. The minimum Gasteiger partial charge on any atom is -0.497 e. The smallest absolute Gasteiger partial charge is 0.169 e. The quantitative estimate of drug-likeness (QED) is 0.576. The third-order valence-electron chi connectivity index (χ3n) is 7.82. The molecule has 3 fully saturated rings. The molecule has 0 unspecified atom stereocenters. The van der Waals surface area contributed by atoms with Gasteiger partial charge in [0.05, 0.1) is 26.2 Å². The summed E-state index contributed by atoms with van der Waals surface area (Å²) in [5.41, 5.74) is 5.82. The van der Waals surface area contributed by atoms with E-state index in [1.807, 2.05) is 30.3 Å². The molecule has 0 radical (unpaired) electrons. The number of hydrazone groups is 1. The second-order valence-electron chi connectivity index (χ2n) is 9.45. The van der Waals surface area contributed by atoms with Crippen LogP contribution in [0.3, 0.4) is 0 Å². The van der Waals surface area contributed by atoms with Gasteiger partial charge in [-0.15, -0.1) is 0 Å². The normalized spacial score (nSPS) is 26.0. The van der Waals surface area contributed by atoms with Gasteiger partial charge in [-0.05, 0) is 68.4 Å². The topological polar surface area (TPSA) is 59.2 Å². The van der Waals surface area contributed by atoms with Crippen molar-refractivity contribution in [3.63, 3.8) is 0 Å². The van der Waals surface area contributed by atoms with Crippen LogP contribution in [0.25, 0.3) is 11.0 Å². The average molecular weight is 450 g/mol. The number of nitrogens with one attached hydrogen (secondary N) is 1. The van der Waals surface area contributed by atoms with Crippen LogP contribution in [0.2, 0.25) is 0 Å². The van der Waals surface area contributed by atoms with Crippen LogP contribution in [0.5, 0.6) is 11.5 Å².